The molecule has 0 saturated heterocycles. The molecule has 2 rings (SSSR count). The Morgan fingerprint density at radius 3 is 2.80 bits per heavy atom. The summed E-state index contributed by atoms with van der Waals surface area (Å²) in [4.78, 5) is 15.1. The minimum absolute atomic E-state index is 0.0410. The van der Waals surface area contributed by atoms with Gasteiger partial charge in [0.2, 0.25) is 0 Å². The van der Waals surface area contributed by atoms with E-state index in [9.17, 15) is 4.79 Å². The molecule has 20 heavy (non-hydrogen) atoms. The summed E-state index contributed by atoms with van der Waals surface area (Å²) in [6, 6.07) is 5.20. The molecule has 5 nitrogen and oxygen atoms in total. The van der Waals surface area contributed by atoms with E-state index in [4.69, 9.17) is 9.84 Å². The second kappa shape index (κ2) is 5.61. The maximum atomic E-state index is 11.0. The Bertz CT molecular complexity index is 659. The van der Waals surface area contributed by atoms with Crippen LogP contribution in [0.1, 0.15) is 18.2 Å². The van der Waals surface area contributed by atoms with Crippen LogP contribution < -0.4 is 4.74 Å². The van der Waals surface area contributed by atoms with Gasteiger partial charge in [-0.25, -0.2) is 9.78 Å². The Kier molecular flexibility index (Phi) is 3.89. The van der Waals surface area contributed by atoms with Crippen LogP contribution in [0.4, 0.5) is 0 Å². The van der Waals surface area contributed by atoms with Crippen LogP contribution in [0.3, 0.4) is 0 Å². The first-order valence-electron chi connectivity index (χ1n) is 6.23. The molecule has 1 heterocycles. The molecule has 0 radical (unpaired) electrons. The van der Waals surface area contributed by atoms with Gasteiger partial charge < -0.3 is 14.4 Å². The molecule has 0 aliphatic heterocycles. The topological polar surface area (TPSA) is 64.3 Å². The van der Waals surface area contributed by atoms with E-state index in [1.807, 2.05) is 24.6 Å². The van der Waals surface area contributed by atoms with E-state index in [1.165, 1.54) is 0 Å². The molecule has 1 N–H and O–H groups in total. The summed E-state index contributed by atoms with van der Waals surface area (Å²) < 4.78 is 7.43. The third-order valence-corrected chi connectivity index (χ3v) is 2.86. The highest BCUT2D eigenvalue weighted by Gasteiger charge is 2.12. The highest BCUT2D eigenvalue weighted by molar-refractivity contribution is 6.14. The molecule has 1 aromatic heterocycles. The Morgan fingerprint density at radius 1 is 1.50 bits per heavy atom. The van der Waals surface area contributed by atoms with E-state index in [-0.39, 0.29) is 5.57 Å². The van der Waals surface area contributed by atoms with E-state index in [0.717, 1.165) is 11.4 Å². The van der Waals surface area contributed by atoms with E-state index in [1.54, 1.807) is 24.5 Å². The SMILES string of the molecule is C=C(C(=O)O)c1ccc(-n2cnc(C)c2)c(OCC)c1. The maximum Gasteiger partial charge on any atom is 0.335 e. The molecule has 0 aliphatic rings. The second-order valence-electron chi connectivity index (χ2n) is 4.32. The Balaban J connectivity index is 2.48. The van der Waals surface area contributed by atoms with Gasteiger partial charge in [-0.1, -0.05) is 12.6 Å². The molecule has 0 aliphatic carbocycles. The fourth-order valence-corrected chi connectivity index (χ4v) is 1.86. The zero-order chi connectivity index (χ0) is 14.7. The minimum Gasteiger partial charge on any atom is -0.492 e. The lowest BCUT2D eigenvalue weighted by Crippen LogP contribution is -2.02. The fraction of sp³-hybridized carbons (Fsp3) is 0.200. The Labute approximate surface area is 117 Å². The minimum atomic E-state index is -1.04. The molecular formula is C15H16N2O3. The summed E-state index contributed by atoms with van der Waals surface area (Å²) in [5.74, 6) is -0.441. The summed E-state index contributed by atoms with van der Waals surface area (Å²) in [5, 5.41) is 8.99. The first-order valence-corrected chi connectivity index (χ1v) is 6.23. The molecule has 0 fully saturated rings. The molecule has 0 bridgehead atoms. The number of aliphatic carboxylic acids is 1. The lowest BCUT2D eigenvalue weighted by atomic mass is 10.1. The summed E-state index contributed by atoms with van der Waals surface area (Å²) in [5.41, 5.74) is 2.28. The Hall–Kier alpha value is -2.56. The number of aryl methyl sites for hydroxylation is 1. The molecule has 1 aromatic carbocycles. The van der Waals surface area contributed by atoms with Gasteiger partial charge >= 0.3 is 5.97 Å². The number of hydrogen-bond donors (Lipinski definition) is 1. The van der Waals surface area contributed by atoms with Crippen molar-refractivity contribution in [1.82, 2.24) is 9.55 Å². The van der Waals surface area contributed by atoms with E-state index in [0.29, 0.717) is 17.9 Å². The molecule has 5 heteroatoms. The molecule has 0 unspecified atom stereocenters. The van der Waals surface area contributed by atoms with Gasteiger partial charge in [0.25, 0.3) is 0 Å². The third-order valence-electron chi connectivity index (χ3n) is 2.86. The number of carboxylic acids is 1. The lowest BCUT2D eigenvalue weighted by Gasteiger charge is -2.12. The van der Waals surface area contributed by atoms with Gasteiger partial charge in [-0.2, -0.15) is 0 Å². The van der Waals surface area contributed by atoms with Crippen molar-refractivity contribution in [3.05, 3.63) is 48.6 Å². The van der Waals surface area contributed by atoms with Crippen molar-refractivity contribution >= 4 is 11.5 Å². The normalized spacial score (nSPS) is 10.3. The number of carbonyl (C=O) groups is 1. The van der Waals surface area contributed by atoms with E-state index in [2.05, 4.69) is 11.6 Å². The number of hydrogen-bond acceptors (Lipinski definition) is 3. The molecule has 104 valence electrons. The van der Waals surface area contributed by atoms with Crippen LogP contribution in [0.25, 0.3) is 11.3 Å². The average molecular weight is 272 g/mol. The average Bonchev–Trinajstić information content (AvgIpc) is 2.84. The molecule has 0 atom stereocenters. The van der Waals surface area contributed by atoms with Crippen LogP contribution in [0.5, 0.6) is 5.75 Å². The molecule has 0 spiro atoms. The van der Waals surface area contributed by atoms with E-state index < -0.39 is 5.97 Å². The number of benzene rings is 1. The molecule has 0 amide bonds. The quantitative estimate of drug-likeness (QED) is 0.850. The fourth-order valence-electron chi connectivity index (χ4n) is 1.86. The van der Waals surface area contributed by atoms with Gasteiger partial charge in [0.15, 0.2) is 0 Å². The molecule has 0 saturated carbocycles. The number of nitrogens with zero attached hydrogens (tertiary/aromatic N) is 2. The largest absolute Gasteiger partial charge is 0.492 e. The van der Waals surface area contributed by atoms with Crippen molar-refractivity contribution in [3.8, 4) is 11.4 Å². The first-order chi connectivity index (χ1) is 9.52. The summed E-state index contributed by atoms with van der Waals surface area (Å²) in [6.07, 6.45) is 3.57. The van der Waals surface area contributed by atoms with Crippen LogP contribution in [-0.4, -0.2) is 27.2 Å². The molecule has 2 aromatic rings. The van der Waals surface area contributed by atoms with Gasteiger partial charge in [-0.05, 0) is 31.5 Å². The first kappa shape index (κ1) is 13.9. The number of carboxylic acid groups (broad SMARTS) is 1. The third kappa shape index (κ3) is 2.71. The van der Waals surface area contributed by atoms with Crippen molar-refractivity contribution in [1.29, 1.82) is 0 Å². The number of aromatic nitrogens is 2. The van der Waals surface area contributed by atoms with Gasteiger partial charge in [0, 0.05) is 6.20 Å². The highest BCUT2D eigenvalue weighted by Crippen LogP contribution is 2.27. The molecular weight excluding hydrogens is 256 g/mol. The highest BCUT2D eigenvalue weighted by atomic mass is 16.5. The van der Waals surface area contributed by atoms with Gasteiger partial charge in [0.1, 0.15) is 5.75 Å². The van der Waals surface area contributed by atoms with Crippen molar-refractivity contribution in [3.63, 3.8) is 0 Å². The maximum absolute atomic E-state index is 11.0. The second-order valence-corrected chi connectivity index (χ2v) is 4.32. The predicted octanol–water partition coefficient (Wildman–Crippen LogP) is 2.68. The van der Waals surface area contributed by atoms with Crippen molar-refractivity contribution in [2.45, 2.75) is 13.8 Å². The van der Waals surface area contributed by atoms with Gasteiger partial charge in [-0.3, -0.25) is 0 Å². The van der Waals surface area contributed by atoms with E-state index >= 15 is 0 Å². The standard InChI is InChI=1S/C15H16N2O3/c1-4-20-14-7-12(11(3)15(18)19)5-6-13(14)17-8-10(2)16-9-17/h5-9H,3-4H2,1-2H3,(H,18,19). The smallest absolute Gasteiger partial charge is 0.335 e. The zero-order valence-electron chi connectivity index (χ0n) is 11.5. The predicted molar refractivity (Wildman–Crippen MR) is 76.1 cm³/mol. The number of imidazole rings is 1. The van der Waals surface area contributed by atoms with Crippen LogP contribution in [-0.2, 0) is 4.79 Å². The van der Waals surface area contributed by atoms with Crippen LogP contribution in [0.2, 0.25) is 0 Å². The van der Waals surface area contributed by atoms with Gasteiger partial charge in [0.05, 0.1) is 29.9 Å². The zero-order valence-corrected chi connectivity index (χ0v) is 11.5. The monoisotopic (exact) mass is 272 g/mol. The van der Waals surface area contributed by atoms with Crippen molar-refractivity contribution < 1.29 is 14.6 Å². The van der Waals surface area contributed by atoms with Crippen LogP contribution in [0.15, 0.2) is 37.3 Å². The number of rotatable bonds is 5. The van der Waals surface area contributed by atoms with Crippen LogP contribution in [0, 0.1) is 6.92 Å². The van der Waals surface area contributed by atoms with Crippen molar-refractivity contribution in [2.75, 3.05) is 6.61 Å². The summed E-state index contributed by atoms with van der Waals surface area (Å²) >= 11 is 0. The van der Waals surface area contributed by atoms with Crippen molar-refractivity contribution in [2.24, 2.45) is 0 Å². The summed E-state index contributed by atoms with van der Waals surface area (Å²) in [6.45, 7) is 7.82. The summed E-state index contributed by atoms with van der Waals surface area (Å²) in [7, 11) is 0. The Morgan fingerprint density at radius 2 is 2.25 bits per heavy atom. The van der Waals surface area contributed by atoms with Gasteiger partial charge in [-0.15, -0.1) is 0 Å². The van der Waals surface area contributed by atoms with Crippen LogP contribution >= 0.6 is 0 Å². The number of ether oxygens (including phenoxy) is 1. The lowest BCUT2D eigenvalue weighted by molar-refractivity contribution is -0.130.